The lowest BCUT2D eigenvalue weighted by atomic mass is 10.2. The minimum Gasteiger partial charge on any atom is -0.490 e. The molecule has 0 atom stereocenters. The number of hydrogen-bond acceptors (Lipinski definition) is 6. The van der Waals surface area contributed by atoms with Gasteiger partial charge in [0.05, 0.1) is 4.92 Å². The van der Waals surface area contributed by atoms with Crippen LogP contribution in [0.15, 0.2) is 65.7 Å². The van der Waals surface area contributed by atoms with Crippen LogP contribution in [-0.2, 0) is 0 Å². The van der Waals surface area contributed by atoms with E-state index in [0.717, 1.165) is 5.56 Å². The third kappa shape index (κ3) is 3.30. The van der Waals surface area contributed by atoms with Crippen molar-refractivity contribution >= 4 is 5.69 Å². The average Bonchev–Trinajstić information content (AvgIpc) is 3.10. The molecular formula is C17H13N3O4. The van der Waals surface area contributed by atoms with Gasteiger partial charge in [0.2, 0.25) is 5.82 Å². The Morgan fingerprint density at radius 2 is 2.00 bits per heavy atom. The third-order valence-corrected chi connectivity index (χ3v) is 3.21. The summed E-state index contributed by atoms with van der Waals surface area (Å²) in [5, 5.41) is 14.7. The molecule has 3 aromatic rings. The van der Waals surface area contributed by atoms with E-state index in [4.69, 9.17) is 9.26 Å². The van der Waals surface area contributed by atoms with Crippen molar-refractivity contribution in [3.05, 3.63) is 71.3 Å². The molecule has 7 heteroatoms. The lowest BCUT2D eigenvalue weighted by Gasteiger charge is -2.02. The Balaban J connectivity index is 1.84. The van der Waals surface area contributed by atoms with E-state index in [-0.39, 0.29) is 5.69 Å². The number of nitro benzene ring substituents is 1. The van der Waals surface area contributed by atoms with E-state index in [1.165, 1.54) is 12.1 Å². The number of rotatable bonds is 6. The molecule has 24 heavy (non-hydrogen) atoms. The fourth-order valence-corrected chi connectivity index (χ4v) is 2.07. The molecule has 0 bridgehead atoms. The molecule has 0 saturated carbocycles. The molecule has 1 heterocycles. The van der Waals surface area contributed by atoms with Crippen molar-refractivity contribution in [1.29, 1.82) is 0 Å². The molecular weight excluding hydrogens is 310 g/mol. The van der Waals surface area contributed by atoms with Crippen LogP contribution >= 0.6 is 0 Å². The number of aromatic nitrogens is 2. The molecule has 0 amide bonds. The Morgan fingerprint density at radius 1 is 1.21 bits per heavy atom. The van der Waals surface area contributed by atoms with Crippen LogP contribution in [0.25, 0.3) is 22.8 Å². The summed E-state index contributed by atoms with van der Waals surface area (Å²) in [7, 11) is 0. The molecule has 0 saturated heterocycles. The first-order valence-corrected chi connectivity index (χ1v) is 7.10. The monoisotopic (exact) mass is 323 g/mol. The summed E-state index contributed by atoms with van der Waals surface area (Å²) in [5.41, 5.74) is 1.22. The van der Waals surface area contributed by atoms with Gasteiger partial charge in [-0.2, -0.15) is 4.98 Å². The standard InChI is InChI=1S/C17H13N3O4/c1-2-10-23-15-8-6-12(7-9-15)17-18-16(19-24-17)13-4-3-5-14(11-13)20(21)22/h2-9,11H,1,10H2. The molecule has 3 rings (SSSR count). The largest absolute Gasteiger partial charge is 0.490 e. The highest BCUT2D eigenvalue weighted by atomic mass is 16.6. The smallest absolute Gasteiger partial charge is 0.270 e. The molecule has 0 unspecified atom stereocenters. The van der Waals surface area contributed by atoms with Crippen LogP contribution in [0.5, 0.6) is 5.75 Å². The molecule has 120 valence electrons. The number of hydrogen-bond donors (Lipinski definition) is 0. The van der Waals surface area contributed by atoms with E-state index < -0.39 is 4.92 Å². The van der Waals surface area contributed by atoms with Gasteiger partial charge in [-0.15, -0.1) is 0 Å². The van der Waals surface area contributed by atoms with E-state index >= 15 is 0 Å². The Hall–Kier alpha value is -3.48. The van der Waals surface area contributed by atoms with Gasteiger partial charge in [0.1, 0.15) is 12.4 Å². The van der Waals surface area contributed by atoms with Gasteiger partial charge in [-0.25, -0.2) is 0 Å². The SMILES string of the molecule is C=CCOc1ccc(-c2nc(-c3cccc([N+](=O)[O-])c3)no2)cc1. The van der Waals surface area contributed by atoms with Crippen molar-refractivity contribution in [3.8, 4) is 28.6 Å². The van der Waals surface area contributed by atoms with Crippen molar-refractivity contribution in [2.75, 3.05) is 6.61 Å². The van der Waals surface area contributed by atoms with Gasteiger partial charge in [0.25, 0.3) is 11.6 Å². The fourth-order valence-electron chi connectivity index (χ4n) is 2.07. The van der Waals surface area contributed by atoms with Gasteiger partial charge in [-0.05, 0) is 24.3 Å². The maximum absolute atomic E-state index is 10.8. The van der Waals surface area contributed by atoms with Gasteiger partial charge < -0.3 is 9.26 Å². The summed E-state index contributed by atoms with van der Waals surface area (Å²) >= 11 is 0. The van der Waals surface area contributed by atoms with Crippen molar-refractivity contribution in [2.24, 2.45) is 0 Å². The average molecular weight is 323 g/mol. The zero-order chi connectivity index (χ0) is 16.9. The number of ether oxygens (including phenoxy) is 1. The second kappa shape index (κ2) is 6.74. The van der Waals surface area contributed by atoms with Crippen molar-refractivity contribution in [1.82, 2.24) is 10.1 Å². The minimum atomic E-state index is -0.466. The highest BCUT2D eigenvalue weighted by molar-refractivity contribution is 5.62. The second-order valence-corrected chi connectivity index (χ2v) is 4.85. The predicted octanol–water partition coefficient (Wildman–Crippen LogP) is 3.88. The zero-order valence-electron chi connectivity index (χ0n) is 12.6. The van der Waals surface area contributed by atoms with Gasteiger partial charge in [-0.3, -0.25) is 10.1 Å². The molecule has 0 radical (unpaired) electrons. The summed E-state index contributed by atoms with van der Waals surface area (Å²) in [4.78, 5) is 14.7. The van der Waals surface area contributed by atoms with E-state index in [0.29, 0.717) is 29.6 Å². The predicted molar refractivity (Wildman–Crippen MR) is 87.5 cm³/mol. The summed E-state index contributed by atoms with van der Waals surface area (Å²) in [6.07, 6.45) is 1.66. The minimum absolute atomic E-state index is 0.0254. The Bertz CT molecular complexity index is 872. The number of nitrogens with zero attached hydrogens (tertiary/aromatic N) is 3. The molecule has 0 aliphatic heterocycles. The van der Waals surface area contributed by atoms with Crippen molar-refractivity contribution < 1.29 is 14.2 Å². The molecule has 0 fully saturated rings. The van der Waals surface area contributed by atoms with Crippen LogP contribution in [0.1, 0.15) is 0 Å². The van der Waals surface area contributed by atoms with Gasteiger partial charge >= 0.3 is 0 Å². The highest BCUT2D eigenvalue weighted by Gasteiger charge is 2.13. The van der Waals surface area contributed by atoms with Gasteiger partial charge in [0, 0.05) is 23.3 Å². The first kappa shape index (κ1) is 15.4. The second-order valence-electron chi connectivity index (χ2n) is 4.85. The normalized spacial score (nSPS) is 10.3. The maximum Gasteiger partial charge on any atom is 0.270 e. The van der Waals surface area contributed by atoms with Gasteiger partial charge in [0.15, 0.2) is 0 Å². The van der Waals surface area contributed by atoms with E-state index in [1.54, 1.807) is 42.5 Å². The summed E-state index contributed by atoms with van der Waals surface area (Å²) in [5.74, 6) is 1.32. The van der Waals surface area contributed by atoms with Crippen LogP contribution in [0.2, 0.25) is 0 Å². The van der Waals surface area contributed by atoms with E-state index in [9.17, 15) is 10.1 Å². The first-order valence-electron chi connectivity index (χ1n) is 7.10. The van der Waals surface area contributed by atoms with Gasteiger partial charge in [-0.1, -0.05) is 29.9 Å². The van der Waals surface area contributed by atoms with Crippen molar-refractivity contribution in [2.45, 2.75) is 0 Å². The molecule has 2 aromatic carbocycles. The summed E-state index contributed by atoms with van der Waals surface area (Å²) in [6.45, 7) is 4.02. The molecule has 0 aliphatic rings. The molecule has 0 N–H and O–H groups in total. The molecule has 0 spiro atoms. The molecule has 1 aromatic heterocycles. The molecule has 7 nitrogen and oxygen atoms in total. The van der Waals surface area contributed by atoms with Crippen LogP contribution in [0, 0.1) is 10.1 Å². The summed E-state index contributed by atoms with van der Waals surface area (Å²) < 4.78 is 10.6. The lowest BCUT2D eigenvalue weighted by Crippen LogP contribution is -1.92. The lowest BCUT2D eigenvalue weighted by molar-refractivity contribution is -0.384. The Morgan fingerprint density at radius 3 is 2.71 bits per heavy atom. The third-order valence-electron chi connectivity index (χ3n) is 3.21. The first-order chi connectivity index (χ1) is 11.7. The van der Waals surface area contributed by atoms with E-state index in [2.05, 4.69) is 16.7 Å². The summed E-state index contributed by atoms with van der Waals surface area (Å²) in [6, 6.07) is 13.2. The fraction of sp³-hybridized carbons (Fsp3) is 0.0588. The molecule has 0 aliphatic carbocycles. The van der Waals surface area contributed by atoms with E-state index in [1.807, 2.05) is 0 Å². The topological polar surface area (TPSA) is 91.3 Å². The number of non-ortho nitro benzene ring substituents is 1. The van der Waals surface area contributed by atoms with Crippen LogP contribution in [0.4, 0.5) is 5.69 Å². The maximum atomic E-state index is 10.8. The quantitative estimate of drug-likeness (QED) is 0.388. The Labute approximate surface area is 137 Å². The number of nitro groups is 1. The zero-order valence-corrected chi connectivity index (χ0v) is 12.6. The van der Waals surface area contributed by atoms with Crippen LogP contribution in [0.3, 0.4) is 0 Å². The van der Waals surface area contributed by atoms with Crippen molar-refractivity contribution in [3.63, 3.8) is 0 Å². The van der Waals surface area contributed by atoms with Crippen LogP contribution < -0.4 is 4.74 Å². The Kier molecular flexibility index (Phi) is 4.33. The highest BCUT2D eigenvalue weighted by Crippen LogP contribution is 2.26. The van der Waals surface area contributed by atoms with Crippen LogP contribution in [-0.4, -0.2) is 21.7 Å². The number of benzene rings is 2.